The van der Waals surface area contributed by atoms with Gasteiger partial charge in [-0.05, 0) is 18.8 Å². The van der Waals surface area contributed by atoms with Crippen LogP contribution >= 0.6 is 27.8 Å². The Kier molecular flexibility index (Phi) is 5.94. The molecule has 108 valence electrons. The normalized spacial score (nSPS) is 22.7. The average molecular weight is 318 g/mol. The summed E-state index contributed by atoms with van der Waals surface area (Å²) in [4.78, 5) is 36.6. The van der Waals surface area contributed by atoms with Crippen molar-refractivity contribution < 1.29 is 28.7 Å². The van der Waals surface area contributed by atoms with Crippen molar-refractivity contribution in [3.05, 3.63) is 0 Å². The van der Waals surface area contributed by atoms with Crippen LogP contribution in [0.3, 0.4) is 0 Å². The van der Waals surface area contributed by atoms with Crippen molar-refractivity contribution in [3.8, 4) is 0 Å². The standard InChI is InChI=1S/C9H20O6P2S/c10-16(11,12)6-8(18)9(17(13,14)15)7-4-2-1-3-5-7/h7-9,18H,1-6H2,(H2,10,11,12)(H2,13,14,15). The lowest BCUT2D eigenvalue weighted by atomic mass is 9.86. The molecule has 9 heteroatoms. The Balaban J connectivity index is 2.84. The molecule has 0 bridgehead atoms. The second-order valence-electron chi connectivity index (χ2n) is 4.89. The van der Waals surface area contributed by atoms with Gasteiger partial charge in [0.05, 0.1) is 11.8 Å². The third kappa shape index (κ3) is 5.33. The van der Waals surface area contributed by atoms with Crippen LogP contribution in [0.25, 0.3) is 0 Å². The van der Waals surface area contributed by atoms with E-state index in [-0.39, 0.29) is 5.92 Å². The van der Waals surface area contributed by atoms with Crippen LogP contribution in [0.2, 0.25) is 0 Å². The molecule has 0 spiro atoms. The Morgan fingerprint density at radius 3 is 1.94 bits per heavy atom. The number of thiol groups is 1. The second kappa shape index (κ2) is 6.40. The van der Waals surface area contributed by atoms with Crippen molar-refractivity contribution in [2.45, 2.75) is 43.0 Å². The largest absolute Gasteiger partial charge is 0.330 e. The van der Waals surface area contributed by atoms with E-state index in [4.69, 9.17) is 9.79 Å². The van der Waals surface area contributed by atoms with Crippen molar-refractivity contribution in [2.24, 2.45) is 5.92 Å². The summed E-state index contributed by atoms with van der Waals surface area (Å²) in [6.07, 6.45) is 3.62. The third-order valence-electron chi connectivity index (χ3n) is 3.34. The zero-order valence-corrected chi connectivity index (χ0v) is 12.6. The summed E-state index contributed by atoms with van der Waals surface area (Å²) >= 11 is 4.04. The molecule has 1 fully saturated rings. The molecular formula is C9H20O6P2S. The number of hydrogen-bond donors (Lipinski definition) is 5. The van der Waals surface area contributed by atoms with E-state index in [2.05, 4.69) is 12.6 Å². The van der Waals surface area contributed by atoms with Crippen LogP contribution in [-0.2, 0) is 9.13 Å². The van der Waals surface area contributed by atoms with Gasteiger partial charge in [0, 0.05) is 5.25 Å². The van der Waals surface area contributed by atoms with Crippen LogP contribution in [0, 0.1) is 5.92 Å². The van der Waals surface area contributed by atoms with Crippen molar-refractivity contribution in [1.29, 1.82) is 0 Å². The van der Waals surface area contributed by atoms with Crippen LogP contribution in [0.1, 0.15) is 32.1 Å². The summed E-state index contributed by atoms with van der Waals surface area (Å²) in [6, 6.07) is 0. The van der Waals surface area contributed by atoms with Crippen molar-refractivity contribution >= 4 is 27.8 Å². The van der Waals surface area contributed by atoms with Gasteiger partial charge in [-0.3, -0.25) is 9.13 Å². The molecule has 0 saturated heterocycles. The van der Waals surface area contributed by atoms with E-state index in [0.29, 0.717) is 12.8 Å². The maximum atomic E-state index is 11.6. The van der Waals surface area contributed by atoms with Crippen LogP contribution in [0.5, 0.6) is 0 Å². The molecular weight excluding hydrogens is 298 g/mol. The zero-order chi connectivity index (χ0) is 14.0. The fourth-order valence-corrected chi connectivity index (χ4v) is 6.32. The summed E-state index contributed by atoms with van der Waals surface area (Å²) in [5, 5.41) is -0.977. The first kappa shape index (κ1) is 16.7. The maximum Gasteiger partial charge on any atom is 0.330 e. The molecule has 1 rings (SSSR count). The van der Waals surface area contributed by atoms with E-state index < -0.39 is 32.3 Å². The Morgan fingerprint density at radius 2 is 1.56 bits per heavy atom. The molecule has 0 aliphatic heterocycles. The summed E-state index contributed by atoms with van der Waals surface area (Å²) in [7, 11) is -8.72. The first-order valence-electron chi connectivity index (χ1n) is 5.89. The first-order valence-corrected chi connectivity index (χ1v) is 9.88. The summed E-state index contributed by atoms with van der Waals surface area (Å²) in [5.74, 6) is -0.200. The van der Waals surface area contributed by atoms with Gasteiger partial charge in [-0.25, -0.2) is 0 Å². The molecule has 1 saturated carbocycles. The van der Waals surface area contributed by atoms with Gasteiger partial charge in [-0.2, -0.15) is 12.6 Å². The lowest BCUT2D eigenvalue weighted by Crippen LogP contribution is -2.33. The SMILES string of the molecule is O=P(O)(O)CC(S)C(C1CCCCC1)P(=O)(O)O. The Hall–Kier alpha value is 0.650. The van der Waals surface area contributed by atoms with Gasteiger partial charge in [0.25, 0.3) is 0 Å². The van der Waals surface area contributed by atoms with Crippen molar-refractivity contribution in [1.82, 2.24) is 0 Å². The van der Waals surface area contributed by atoms with Crippen LogP contribution in [0.15, 0.2) is 0 Å². The van der Waals surface area contributed by atoms with E-state index in [1.165, 1.54) is 0 Å². The second-order valence-corrected chi connectivity index (χ2v) is 9.02. The molecule has 18 heavy (non-hydrogen) atoms. The van der Waals surface area contributed by atoms with Gasteiger partial charge in [0.1, 0.15) is 0 Å². The lowest BCUT2D eigenvalue weighted by molar-refractivity contribution is 0.287. The molecule has 2 atom stereocenters. The van der Waals surface area contributed by atoms with E-state index in [9.17, 15) is 18.9 Å². The molecule has 0 aromatic carbocycles. The number of rotatable bonds is 5. The molecule has 1 aliphatic rings. The Labute approximate surface area is 112 Å². The molecule has 0 aromatic heterocycles. The molecule has 0 heterocycles. The predicted octanol–water partition coefficient (Wildman–Crippen LogP) is 1.59. The van der Waals surface area contributed by atoms with Gasteiger partial charge < -0.3 is 19.6 Å². The molecule has 0 radical (unpaired) electrons. The predicted molar refractivity (Wildman–Crippen MR) is 72.1 cm³/mol. The maximum absolute atomic E-state index is 11.6. The third-order valence-corrected chi connectivity index (χ3v) is 6.79. The highest BCUT2D eigenvalue weighted by Crippen LogP contribution is 2.53. The quantitative estimate of drug-likeness (QED) is 0.388. The molecule has 4 N–H and O–H groups in total. The molecule has 0 aromatic rings. The van der Waals surface area contributed by atoms with Crippen LogP contribution in [-0.4, -0.2) is 36.6 Å². The first-order chi connectivity index (χ1) is 8.11. The zero-order valence-electron chi connectivity index (χ0n) is 9.92. The fraction of sp³-hybridized carbons (Fsp3) is 1.00. The number of hydrogen-bond acceptors (Lipinski definition) is 3. The Bertz CT molecular complexity index is 358. The van der Waals surface area contributed by atoms with Gasteiger partial charge in [0.2, 0.25) is 0 Å². The molecule has 6 nitrogen and oxygen atoms in total. The minimum atomic E-state index is -4.41. The van der Waals surface area contributed by atoms with Gasteiger partial charge in [0.15, 0.2) is 0 Å². The van der Waals surface area contributed by atoms with Crippen LogP contribution in [0.4, 0.5) is 0 Å². The van der Waals surface area contributed by atoms with Crippen molar-refractivity contribution in [3.63, 3.8) is 0 Å². The highest BCUT2D eigenvalue weighted by molar-refractivity contribution is 7.82. The molecule has 0 amide bonds. The highest BCUT2D eigenvalue weighted by atomic mass is 32.1. The topological polar surface area (TPSA) is 115 Å². The summed E-state index contributed by atoms with van der Waals surface area (Å²) in [6.45, 7) is 0. The van der Waals surface area contributed by atoms with E-state index >= 15 is 0 Å². The van der Waals surface area contributed by atoms with E-state index in [0.717, 1.165) is 19.3 Å². The minimum absolute atomic E-state index is 0.200. The van der Waals surface area contributed by atoms with Crippen LogP contribution < -0.4 is 0 Å². The Morgan fingerprint density at radius 1 is 1.06 bits per heavy atom. The average Bonchev–Trinajstić information content (AvgIpc) is 2.13. The van der Waals surface area contributed by atoms with E-state index in [1.807, 2.05) is 0 Å². The summed E-state index contributed by atoms with van der Waals surface area (Å²) in [5.41, 5.74) is -1.06. The fourth-order valence-electron chi connectivity index (χ4n) is 2.64. The van der Waals surface area contributed by atoms with E-state index in [1.54, 1.807) is 0 Å². The van der Waals surface area contributed by atoms with Gasteiger partial charge in [-0.1, -0.05) is 19.3 Å². The molecule has 2 unspecified atom stereocenters. The van der Waals surface area contributed by atoms with Crippen molar-refractivity contribution in [2.75, 3.05) is 6.16 Å². The monoisotopic (exact) mass is 318 g/mol. The van der Waals surface area contributed by atoms with Gasteiger partial charge >= 0.3 is 15.2 Å². The highest BCUT2D eigenvalue weighted by Gasteiger charge is 2.42. The lowest BCUT2D eigenvalue weighted by Gasteiger charge is -2.34. The van der Waals surface area contributed by atoms with Gasteiger partial charge in [-0.15, -0.1) is 0 Å². The minimum Gasteiger partial charge on any atom is -0.324 e. The summed E-state index contributed by atoms with van der Waals surface area (Å²) < 4.78 is 22.5. The molecule has 1 aliphatic carbocycles. The smallest absolute Gasteiger partial charge is 0.324 e.